The number of hydrogen-bond acceptors (Lipinski definition) is 6. The molecule has 1 saturated heterocycles. The molecule has 1 unspecified atom stereocenters. The number of aromatic hydroxyl groups is 1. The average molecular weight is 371 g/mol. The minimum absolute atomic E-state index is 0.0673. The van der Waals surface area contributed by atoms with Gasteiger partial charge in [-0.15, -0.1) is 0 Å². The Morgan fingerprint density at radius 3 is 2.85 bits per heavy atom. The number of ether oxygens (including phenoxy) is 2. The summed E-state index contributed by atoms with van der Waals surface area (Å²) in [5.41, 5.74) is 1.07. The molecule has 3 rings (SSSR count). The molecule has 0 radical (unpaired) electrons. The van der Waals surface area contributed by atoms with Crippen LogP contribution in [0.25, 0.3) is 0 Å². The van der Waals surface area contributed by atoms with Crippen LogP contribution in [0.5, 0.6) is 11.5 Å². The third-order valence-electron chi connectivity index (χ3n) is 4.50. The van der Waals surface area contributed by atoms with Crippen LogP contribution >= 0.6 is 0 Å². The summed E-state index contributed by atoms with van der Waals surface area (Å²) in [4.78, 5) is 25.8. The number of phenolic OH excluding ortho intramolecular Hbond substituents is 1. The van der Waals surface area contributed by atoms with E-state index in [0.717, 1.165) is 0 Å². The summed E-state index contributed by atoms with van der Waals surface area (Å²) in [6.45, 7) is 0.988. The standard InChI is InChI=1S/C20H21NO6/c22-10-14-4-1-2-5-16(14)20(25)21-8-9-26-12-15(21)13-27-19-7-3-6-18(24)17(19)11-23/h1-7,11,15,22,24H,8-10,12-13H2. The van der Waals surface area contributed by atoms with Gasteiger partial charge in [-0.1, -0.05) is 24.3 Å². The van der Waals surface area contributed by atoms with Gasteiger partial charge in [0.2, 0.25) is 0 Å². The highest BCUT2D eigenvalue weighted by Crippen LogP contribution is 2.26. The van der Waals surface area contributed by atoms with E-state index in [-0.39, 0.29) is 42.2 Å². The zero-order chi connectivity index (χ0) is 19.2. The monoisotopic (exact) mass is 371 g/mol. The van der Waals surface area contributed by atoms with Crippen LogP contribution in [0.15, 0.2) is 42.5 Å². The Kier molecular flexibility index (Phi) is 6.05. The van der Waals surface area contributed by atoms with Crippen molar-refractivity contribution in [2.24, 2.45) is 0 Å². The lowest BCUT2D eigenvalue weighted by Gasteiger charge is -2.35. The summed E-state index contributed by atoms with van der Waals surface area (Å²) >= 11 is 0. The lowest BCUT2D eigenvalue weighted by Crippen LogP contribution is -2.51. The molecule has 1 amide bonds. The van der Waals surface area contributed by atoms with E-state index in [0.29, 0.717) is 37.2 Å². The summed E-state index contributed by atoms with van der Waals surface area (Å²) in [6.07, 6.45) is 0.530. The topological polar surface area (TPSA) is 96.3 Å². The minimum atomic E-state index is -0.361. The lowest BCUT2D eigenvalue weighted by molar-refractivity contribution is -0.0152. The molecule has 7 nitrogen and oxygen atoms in total. The maximum Gasteiger partial charge on any atom is 0.254 e. The molecular formula is C20H21NO6. The molecule has 7 heteroatoms. The Morgan fingerprint density at radius 1 is 1.26 bits per heavy atom. The number of phenols is 1. The van der Waals surface area contributed by atoms with Crippen LogP contribution in [0.2, 0.25) is 0 Å². The Morgan fingerprint density at radius 2 is 2.07 bits per heavy atom. The van der Waals surface area contributed by atoms with Gasteiger partial charge in [0.15, 0.2) is 6.29 Å². The van der Waals surface area contributed by atoms with E-state index < -0.39 is 0 Å². The number of aliphatic hydroxyl groups is 1. The molecule has 1 aliphatic heterocycles. The van der Waals surface area contributed by atoms with Gasteiger partial charge in [-0.3, -0.25) is 9.59 Å². The van der Waals surface area contributed by atoms with Gasteiger partial charge in [0.05, 0.1) is 31.4 Å². The highest BCUT2D eigenvalue weighted by atomic mass is 16.5. The smallest absolute Gasteiger partial charge is 0.254 e. The summed E-state index contributed by atoms with van der Waals surface area (Å²) in [7, 11) is 0. The summed E-state index contributed by atoms with van der Waals surface area (Å²) < 4.78 is 11.2. The SMILES string of the molecule is O=Cc1c(O)cccc1OCC1COCCN1C(=O)c1ccccc1CO. The molecule has 2 aromatic rings. The fourth-order valence-corrected chi connectivity index (χ4v) is 3.04. The van der Waals surface area contributed by atoms with Crippen LogP contribution in [0.1, 0.15) is 26.3 Å². The number of carbonyl (C=O) groups excluding carboxylic acids is 2. The minimum Gasteiger partial charge on any atom is -0.507 e. The molecule has 0 saturated carbocycles. The van der Waals surface area contributed by atoms with E-state index in [9.17, 15) is 19.8 Å². The second kappa shape index (κ2) is 8.66. The van der Waals surface area contributed by atoms with Gasteiger partial charge in [0, 0.05) is 12.1 Å². The molecule has 0 spiro atoms. The normalized spacial score (nSPS) is 16.8. The number of amides is 1. The van der Waals surface area contributed by atoms with Crippen molar-refractivity contribution in [1.82, 2.24) is 4.90 Å². The van der Waals surface area contributed by atoms with Gasteiger partial charge in [0.25, 0.3) is 5.91 Å². The second-order valence-electron chi connectivity index (χ2n) is 6.16. The van der Waals surface area contributed by atoms with Crippen LogP contribution in [0.3, 0.4) is 0 Å². The highest BCUT2D eigenvalue weighted by Gasteiger charge is 2.30. The van der Waals surface area contributed by atoms with E-state index in [1.807, 2.05) is 0 Å². The first kappa shape index (κ1) is 18.9. The molecule has 1 heterocycles. The third kappa shape index (κ3) is 4.10. The van der Waals surface area contributed by atoms with Crippen molar-refractivity contribution in [3.8, 4) is 11.5 Å². The first-order valence-electron chi connectivity index (χ1n) is 8.63. The van der Waals surface area contributed by atoms with E-state index in [2.05, 4.69) is 0 Å². The Bertz CT molecular complexity index is 822. The Hall–Kier alpha value is -2.90. The van der Waals surface area contributed by atoms with E-state index >= 15 is 0 Å². The van der Waals surface area contributed by atoms with Gasteiger partial charge in [-0.05, 0) is 23.8 Å². The Balaban J connectivity index is 1.77. The van der Waals surface area contributed by atoms with Gasteiger partial charge < -0.3 is 24.6 Å². The number of carbonyl (C=O) groups is 2. The molecule has 0 bridgehead atoms. The molecule has 2 N–H and O–H groups in total. The lowest BCUT2D eigenvalue weighted by atomic mass is 10.1. The van der Waals surface area contributed by atoms with Gasteiger partial charge in [0.1, 0.15) is 18.1 Å². The first-order chi connectivity index (χ1) is 13.2. The van der Waals surface area contributed by atoms with Gasteiger partial charge >= 0.3 is 0 Å². The second-order valence-corrected chi connectivity index (χ2v) is 6.16. The van der Waals surface area contributed by atoms with Gasteiger partial charge in [-0.25, -0.2) is 0 Å². The quantitative estimate of drug-likeness (QED) is 0.749. The van der Waals surface area contributed by atoms with Crippen molar-refractivity contribution in [1.29, 1.82) is 0 Å². The fraction of sp³-hybridized carbons (Fsp3) is 0.300. The maximum atomic E-state index is 13.0. The van der Waals surface area contributed by atoms with Gasteiger partial charge in [-0.2, -0.15) is 0 Å². The first-order valence-corrected chi connectivity index (χ1v) is 8.63. The molecule has 0 aliphatic carbocycles. The molecule has 2 aromatic carbocycles. The molecule has 1 atom stereocenters. The largest absolute Gasteiger partial charge is 0.507 e. The van der Waals surface area contributed by atoms with Crippen molar-refractivity contribution in [3.63, 3.8) is 0 Å². The van der Waals surface area contributed by atoms with Crippen molar-refractivity contribution in [2.75, 3.05) is 26.4 Å². The fourth-order valence-electron chi connectivity index (χ4n) is 3.04. The van der Waals surface area contributed by atoms with Crippen LogP contribution < -0.4 is 4.74 Å². The summed E-state index contributed by atoms with van der Waals surface area (Å²) in [6, 6.07) is 11.1. The van der Waals surface area contributed by atoms with Crippen molar-refractivity contribution >= 4 is 12.2 Å². The van der Waals surface area contributed by atoms with E-state index in [1.54, 1.807) is 41.3 Å². The Labute approximate surface area is 156 Å². The van der Waals surface area contributed by atoms with Crippen LogP contribution in [-0.2, 0) is 11.3 Å². The summed E-state index contributed by atoms with van der Waals surface area (Å²) in [5, 5.41) is 19.2. The number of rotatable bonds is 6. The van der Waals surface area contributed by atoms with Crippen LogP contribution in [-0.4, -0.2) is 59.7 Å². The number of hydrogen-bond donors (Lipinski definition) is 2. The number of nitrogens with zero attached hydrogens (tertiary/aromatic N) is 1. The molecular weight excluding hydrogens is 350 g/mol. The van der Waals surface area contributed by atoms with E-state index in [1.165, 1.54) is 6.07 Å². The summed E-state index contributed by atoms with van der Waals surface area (Å²) in [5.74, 6) is -0.117. The zero-order valence-electron chi connectivity index (χ0n) is 14.7. The van der Waals surface area contributed by atoms with E-state index in [4.69, 9.17) is 9.47 Å². The van der Waals surface area contributed by atoms with Crippen molar-refractivity contribution < 1.29 is 29.3 Å². The predicted octanol–water partition coefficient (Wildman–Crippen LogP) is 1.62. The van der Waals surface area contributed by atoms with Crippen LogP contribution in [0.4, 0.5) is 0 Å². The number of aldehydes is 1. The number of aliphatic hydroxyl groups excluding tert-OH is 1. The zero-order valence-corrected chi connectivity index (χ0v) is 14.7. The maximum absolute atomic E-state index is 13.0. The highest BCUT2D eigenvalue weighted by molar-refractivity contribution is 5.96. The molecule has 0 aromatic heterocycles. The van der Waals surface area contributed by atoms with Crippen molar-refractivity contribution in [2.45, 2.75) is 12.6 Å². The number of benzene rings is 2. The molecule has 1 aliphatic rings. The molecule has 27 heavy (non-hydrogen) atoms. The molecule has 1 fully saturated rings. The third-order valence-corrected chi connectivity index (χ3v) is 4.50. The number of morpholine rings is 1. The van der Waals surface area contributed by atoms with Crippen molar-refractivity contribution in [3.05, 3.63) is 59.2 Å². The average Bonchev–Trinajstić information content (AvgIpc) is 2.72. The molecule has 142 valence electrons. The van der Waals surface area contributed by atoms with Crippen LogP contribution in [0, 0.1) is 0 Å². The predicted molar refractivity (Wildman–Crippen MR) is 97.0 cm³/mol.